The number of rotatable bonds is 5. The molecule has 2 aliphatic rings. The second kappa shape index (κ2) is 9.21. The van der Waals surface area contributed by atoms with Gasteiger partial charge in [-0.05, 0) is 31.4 Å². The zero-order chi connectivity index (χ0) is 22.1. The fourth-order valence-electron chi connectivity index (χ4n) is 3.92. The molecule has 1 aromatic heterocycles. The molecule has 10 heteroatoms. The highest BCUT2D eigenvalue weighted by Crippen LogP contribution is 2.49. The number of Topliss-reactive ketones (excluding diaryl/α,β-unsaturated/α-hetero) is 1. The number of hydrogen-bond acceptors (Lipinski definition) is 8. The summed E-state index contributed by atoms with van der Waals surface area (Å²) in [4.78, 5) is 14.9. The number of nitrogens with zero attached hydrogens (tertiary/aromatic N) is 4. The van der Waals surface area contributed by atoms with Crippen LogP contribution in [-0.2, 0) is 4.79 Å². The molecule has 160 valence electrons. The first-order chi connectivity index (χ1) is 15.0. The van der Waals surface area contributed by atoms with Crippen LogP contribution < -0.4 is 10.6 Å². The number of nitriles is 1. The molecule has 0 radical (unpaired) electrons. The molecular formula is C21H19Cl2N5OS2. The molecule has 0 spiro atoms. The van der Waals surface area contributed by atoms with E-state index in [9.17, 15) is 10.1 Å². The quantitative estimate of drug-likeness (QED) is 0.539. The van der Waals surface area contributed by atoms with E-state index < -0.39 is 5.92 Å². The fourth-order valence-corrected chi connectivity index (χ4v) is 6.34. The van der Waals surface area contributed by atoms with Crippen LogP contribution in [0, 0.1) is 11.3 Å². The van der Waals surface area contributed by atoms with Gasteiger partial charge in [-0.15, -0.1) is 10.2 Å². The Kier molecular flexibility index (Phi) is 6.58. The molecule has 0 saturated carbocycles. The summed E-state index contributed by atoms with van der Waals surface area (Å²) in [5, 5.41) is 20.0. The Bertz CT molecular complexity index is 1130. The first-order valence-corrected chi connectivity index (χ1v) is 12.4. The molecule has 31 heavy (non-hydrogen) atoms. The molecule has 6 nitrogen and oxygen atoms in total. The number of anilines is 1. The Morgan fingerprint density at radius 2 is 2.06 bits per heavy atom. The number of allylic oxidation sites excluding steroid dienone is 3. The van der Waals surface area contributed by atoms with Gasteiger partial charge in [-0.2, -0.15) is 5.26 Å². The zero-order valence-corrected chi connectivity index (χ0v) is 19.8. The van der Waals surface area contributed by atoms with Crippen LogP contribution in [0.4, 0.5) is 5.13 Å². The van der Waals surface area contributed by atoms with Gasteiger partial charge in [0, 0.05) is 39.1 Å². The minimum atomic E-state index is -0.702. The highest BCUT2D eigenvalue weighted by molar-refractivity contribution is 8.01. The number of benzene rings is 1. The van der Waals surface area contributed by atoms with Gasteiger partial charge in [0.1, 0.15) is 5.82 Å². The summed E-state index contributed by atoms with van der Waals surface area (Å²) < 4.78 is 0.823. The van der Waals surface area contributed by atoms with Gasteiger partial charge < -0.3 is 5.73 Å². The van der Waals surface area contributed by atoms with Crippen LogP contribution in [0.15, 0.2) is 45.2 Å². The monoisotopic (exact) mass is 491 g/mol. The number of hydrogen-bond donors (Lipinski definition) is 1. The molecule has 0 amide bonds. The molecule has 1 aliphatic carbocycles. The topological polar surface area (TPSA) is 95.9 Å². The second-order valence-electron chi connectivity index (χ2n) is 7.15. The Hall–Kier alpha value is -2.05. The predicted octanol–water partition coefficient (Wildman–Crippen LogP) is 5.65. The highest BCUT2D eigenvalue weighted by Gasteiger charge is 2.42. The van der Waals surface area contributed by atoms with Crippen LogP contribution in [0.5, 0.6) is 0 Å². The standard InChI is InChI=1S/C21H19Cl2N5OS2/c1-2-9-30-21-27-26-20(31-21)28-14-7-4-8-15(29)18(14)16(11(10-24)19(28)25)17-12(22)5-3-6-13(17)23/h3,5-6,16H,2,4,7-9,25H2,1H3. The number of thioether (sulfide) groups is 1. The van der Waals surface area contributed by atoms with Crippen molar-refractivity contribution in [2.45, 2.75) is 42.9 Å². The van der Waals surface area contributed by atoms with Gasteiger partial charge in [0.05, 0.1) is 17.6 Å². The smallest absolute Gasteiger partial charge is 0.219 e. The lowest BCUT2D eigenvalue weighted by atomic mass is 9.75. The lowest BCUT2D eigenvalue weighted by molar-refractivity contribution is -0.116. The molecule has 1 unspecified atom stereocenters. The Balaban J connectivity index is 1.91. The third-order valence-corrected chi connectivity index (χ3v) is 8.13. The summed E-state index contributed by atoms with van der Waals surface area (Å²) in [6, 6.07) is 7.35. The lowest BCUT2D eigenvalue weighted by Crippen LogP contribution is -2.38. The van der Waals surface area contributed by atoms with Crippen molar-refractivity contribution in [2.24, 2.45) is 5.73 Å². The van der Waals surface area contributed by atoms with Gasteiger partial charge in [0.15, 0.2) is 10.1 Å². The average Bonchev–Trinajstić information content (AvgIpc) is 3.20. The maximum Gasteiger partial charge on any atom is 0.219 e. The molecule has 2 heterocycles. The van der Waals surface area contributed by atoms with E-state index in [-0.39, 0.29) is 17.2 Å². The number of carbonyl (C=O) groups is 1. The number of halogens is 2. The van der Waals surface area contributed by atoms with E-state index in [4.69, 9.17) is 28.9 Å². The van der Waals surface area contributed by atoms with Crippen molar-refractivity contribution in [1.29, 1.82) is 5.26 Å². The molecule has 0 saturated heterocycles. The van der Waals surface area contributed by atoms with Gasteiger partial charge in [-0.3, -0.25) is 9.69 Å². The van der Waals surface area contributed by atoms with Crippen molar-refractivity contribution < 1.29 is 4.79 Å². The Morgan fingerprint density at radius 3 is 2.74 bits per heavy atom. The van der Waals surface area contributed by atoms with E-state index in [0.29, 0.717) is 45.6 Å². The van der Waals surface area contributed by atoms with E-state index >= 15 is 0 Å². The SMILES string of the molecule is CCCSc1nnc(N2C(N)=C(C#N)C(c3c(Cl)cccc3Cl)C3=C2CCCC3=O)s1. The van der Waals surface area contributed by atoms with Gasteiger partial charge >= 0.3 is 0 Å². The van der Waals surface area contributed by atoms with Crippen LogP contribution >= 0.6 is 46.3 Å². The molecule has 1 atom stereocenters. The molecule has 0 bridgehead atoms. The van der Waals surface area contributed by atoms with Crippen molar-refractivity contribution in [3.05, 3.63) is 56.5 Å². The van der Waals surface area contributed by atoms with Crippen molar-refractivity contribution >= 4 is 57.2 Å². The van der Waals surface area contributed by atoms with E-state index in [0.717, 1.165) is 22.2 Å². The van der Waals surface area contributed by atoms with Crippen LogP contribution in [0.2, 0.25) is 10.0 Å². The lowest BCUT2D eigenvalue weighted by Gasteiger charge is -2.38. The summed E-state index contributed by atoms with van der Waals surface area (Å²) >= 11 is 16.0. The normalized spacial score (nSPS) is 19.0. The zero-order valence-electron chi connectivity index (χ0n) is 16.7. The maximum atomic E-state index is 13.1. The molecular weight excluding hydrogens is 473 g/mol. The summed E-state index contributed by atoms with van der Waals surface area (Å²) in [6.45, 7) is 2.10. The summed E-state index contributed by atoms with van der Waals surface area (Å²) in [6.07, 6.45) is 2.75. The van der Waals surface area contributed by atoms with Crippen molar-refractivity contribution in [2.75, 3.05) is 10.7 Å². The number of nitrogens with two attached hydrogens (primary N) is 1. The Morgan fingerprint density at radius 1 is 1.32 bits per heavy atom. The fraction of sp³-hybridized carbons (Fsp3) is 0.333. The summed E-state index contributed by atoms with van der Waals surface area (Å²) in [5.41, 5.74) is 8.57. The van der Waals surface area contributed by atoms with Gasteiger partial charge in [-0.1, -0.05) is 59.3 Å². The largest absolute Gasteiger partial charge is 0.384 e. The predicted molar refractivity (Wildman–Crippen MR) is 125 cm³/mol. The first-order valence-electron chi connectivity index (χ1n) is 9.84. The van der Waals surface area contributed by atoms with Gasteiger partial charge in [0.2, 0.25) is 5.13 Å². The van der Waals surface area contributed by atoms with Crippen LogP contribution in [-0.4, -0.2) is 21.7 Å². The van der Waals surface area contributed by atoms with Crippen molar-refractivity contribution in [3.63, 3.8) is 0 Å². The van der Waals surface area contributed by atoms with Crippen LogP contribution in [0.25, 0.3) is 0 Å². The molecule has 1 aromatic carbocycles. The molecule has 4 rings (SSSR count). The Labute approximate surface area is 198 Å². The minimum absolute atomic E-state index is 0.0300. The molecule has 2 aromatic rings. The molecule has 2 N–H and O–H groups in total. The van der Waals surface area contributed by atoms with Crippen LogP contribution in [0.1, 0.15) is 44.1 Å². The third kappa shape index (κ3) is 3.96. The van der Waals surface area contributed by atoms with Gasteiger partial charge in [0.25, 0.3) is 0 Å². The summed E-state index contributed by atoms with van der Waals surface area (Å²) in [7, 11) is 0. The van der Waals surface area contributed by atoms with Gasteiger partial charge in [-0.25, -0.2) is 0 Å². The van der Waals surface area contributed by atoms with Crippen molar-refractivity contribution in [1.82, 2.24) is 10.2 Å². The van der Waals surface area contributed by atoms with E-state index in [1.165, 1.54) is 11.3 Å². The summed E-state index contributed by atoms with van der Waals surface area (Å²) in [5.74, 6) is 0.438. The first kappa shape index (κ1) is 22.2. The molecule has 0 fully saturated rings. The average molecular weight is 492 g/mol. The number of carbonyl (C=O) groups excluding carboxylic acids is 1. The maximum absolute atomic E-state index is 13.1. The number of ketones is 1. The highest BCUT2D eigenvalue weighted by atomic mass is 35.5. The van der Waals surface area contributed by atoms with E-state index in [1.54, 1.807) is 34.9 Å². The van der Waals surface area contributed by atoms with Crippen LogP contribution in [0.3, 0.4) is 0 Å². The second-order valence-corrected chi connectivity index (χ2v) is 10.3. The minimum Gasteiger partial charge on any atom is -0.384 e. The third-order valence-electron chi connectivity index (χ3n) is 5.22. The van der Waals surface area contributed by atoms with E-state index in [1.807, 2.05) is 0 Å². The number of aromatic nitrogens is 2. The van der Waals surface area contributed by atoms with Crippen molar-refractivity contribution in [3.8, 4) is 6.07 Å². The molecule has 1 aliphatic heterocycles. The van der Waals surface area contributed by atoms with E-state index in [2.05, 4.69) is 23.2 Å².